The third-order valence-corrected chi connectivity index (χ3v) is 5.08. The van der Waals surface area contributed by atoms with E-state index in [1.807, 2.05) is 0 Å². The zero-order valence-corrected chi connectivity index (χ0v) is 15.8. The molecule has 1 aliphatic heterocycles. The lowest BCUT2D eigenvalue weighted by molar-refractivity contribution is -0.137. The zero-order chi connectivity index (χ0) is 16.9. The molecule has 0 amide bonds. The van der Waals surface area contributed by atoms with Gasteiger partial charge in [-0.3, -0.25) is 0 Å². The van der Waals surface area contributed by atoms with Crippen molar-refractivity contribution in [3.63, 3.8) is 0 Å². The first-order chi connectivity index (χ1) is 10.8. The summed E-state index contributed by atoms with van der Waals surface area (Å²) in [6.07, 6.45) is -3.95. The molecule has 0 bridgehead atoms. The number of sulfonamides is 1. The second-order valence-electron chi connectivity index (χ2n) is 5.37. The van der Waals surface area contributed by atoms with E-state index in [0.29, 0.717) is 12.5 Å². The van der Waals surface area contributed by atoms with E-state index in [2.05, 4.69) is 14.9 Å². The van der Waals surface area contributed by atoms with Crippen LogP contribution in [0.15, 0.2) is 29.2 Å². The number of hydrogen-bond donors (Lipinski definition) is 2. The Morgan fingerprint density at radius 3 is 2.40 bits per heavy atom. The van der Waals surface area contributed by atoms with E-state index >= 15 is 0 Å². The first-order valence-electron chi connectivity index (χ1n) is 7.39. The summed E-state index contributed by atoms with van der Waals surface area (Å²) in [5, 5.41) is 3.22. The van der Waals surface area contributed by atoms with E-state index in [4.69, 9.17) is 0 Å². The van der Waals surface area contributed by atoms with E-state index < -0.39 is 21.8 Å². The monoisotopic (exact) mass is 423 g/mol. The molecule has 1 heterocycles. The van der Waals surface area contributed by atoms with E-state index in [1.54, 1.807) is 0 Å². The van der Waals surface area contributed by atoms with Crippen molar-refractivity contribution in [2.45, 2.75) is 17.5 Å². The summed E-state index contributed by atoms with van der Waals surface area (Å²) < 4.78 is 64.4. The highest BCUT2D eigenvalue weighted by Crippen LogP contribution is 2.30. The highest BCUT2D eigenvalue weighted by atomic mass is 35.5. The van der Waals surface area contributed by atoms with Gasteiger partial charge in [0.2, 0.25) is 10.0 Å². The van der Waals surface area contributed by atoms with Crippen LogP contribution in [0.25, 0.3) is 0 Å². The summed E-state index contributed by atoms with van der Waals surface area (Å²) in [5.74, 6) is 0. The molecule has 1 fully saturated rings. The number of halogens is 5. The summed E-state index contributed by atoms with van der Waals surface area (Å²) in [5.41, 5.74) is -0.971. The standard InChI is InChI=1S/C14H20F3N3O2S.2ClH/c15-14(16,17)12-3-1-4-13(11-12)23(21,22)19-5-2-8-20-9-6-18-7-10-20;;/h1,3-4,11,18-19H,2,5-10H2;2*1H. The molecule has 11 heteroatoms. The molecule has 1 aliphatic rings. The fourth-order valence-corrected chi connectivity index (χ4v) is 3.49. The van der Waals surface area contributed by atoms with Crippen LogP contribution in [0.5, 0.6) is 0 Å². The summed E-state index contributed by atoms with van der Waals surface area (Å²) in [4.78, 5) is 1.85. The van der Waals surface area contributed by atoms with Crippen LogP contribution in [-0.2, 0) is 16.2 Å². The molecular formula is C14H22Cl2F3N3O2S. The van der Waals surface area contributed by atoms with Crippen LogP contribution < -0.4 is 10.0 Å². The van der Waals surface area contributed by atoms with Crippen molar-refractivity contribution in [1.29, 1.82) is 0 Å². The van der Waals surface area contributed by atoms with Gasteiger partial charge in [0.1, 0.15) is 0 Å². The minimum Gasteiger partial charge on any atom is -0.314 e. The van der Waals surface area contributed by atoms with Crippen molar-refractivity contribution in [1.82, 2.24) is 14.9 Å². The van der Waals surface area contributed by atoms with Gasteiger partial charge in [-0.1, -0.05) is 6.07 Å². The molecule has 146 valence electrons. The first kappa shape index (κ1) is 24.4. The van der Waals surface area contributed by atoms with E-state index in [0.717, 1.165) is 50.9 Å². The molecule has 1 aromatic rings. The number of nitrogens with one attached hydrogen (secondary N) is 2. The molecule has 0 unspecified atom stereocenters. The van der Waals surface area contributed by atoms with Gasteiger partial charge in [0, 0.05) is 32.7 Å². The summed E-state index contributed by atoms with van der Waals surface area (Å²) >= 11 is 0. The lowest BCUT2D eigenvalue weighted by atomic mass is 10.2. The van der Waals surface area contributed by atoms with Gasteiger partial charge in [-0.15, -0.1) is 24.8 Å². The van der Waals surface area contributed by atoms with Crippen molar-refractivity contribution < 1.29 is 21.6 Å². The maximum absolute atomic E-state index is 12.6. The molecule has 0 aliphatic carbocycles. The van der Waals surface area contributed by atoms with Crippen LogP contribution in [0.3, 0.4) is 0 Å². The number of benzene rings is 1. The first-order valence-corrected chi connectivity index (χ1v) is 8.87. The molecule has 1 aromatic carbocycles. The Labute approximate surface area is 158 Å². The minimum absolute atomic E-state index is 0. The maximum atomic E-state index is 12.6. The molecule has 0 saturated carbocycles. The van der Waals surface area contributed by atoms with Crippen LogP contribution in [0.1, 0.15) is 12.0 Å². The minimum atomic E-state index is -4.56. The Kier molecular flexibility index (Phi) is 10.3. The van der Waals surface area contributed by atoms with Crippen molar-refractivity contribution in [3.8, 4) is 0 Å². The molecule has 25 heavy (non-hydrogen) atoms. The summed E-state index contributed by atoms with van der Waals surface area (Å²) in [6.45, 7) is 4.61. The van der Waals surface area contributed by atoms with Gasteiger partial charge in [-0.05, 0) is 31.2 Å². The third kappa shape index (κ3) is 7.67. The fourth-order valence-electron chi connectivity index (χ4n) is 2.37. The van der Waals surface area contributed by atoms with E-state index in [-0.39, 0.29) is 36.3 Å². The van der Waals surface area contributed by atoms with Gasteiger partial charge in [-0.2, -0.15) is 13.2 Å². The van der Waals surface area contributed by atoms with Crippen molar-refractivity contribution in [2.75, 3.05) is 39.3 Å². The average molecular weight is 424 g/mol. The number of hydrogen-bond acceptors (Lipinski definition) is 4. The predicted molar refractivity (Wildman–Crippen MR) is 95.1 cm³/mol. The second-order valence-corrected chi connectivity index (χ2v) is 7.14. The molecule has 2 N–H and O–H groups in total. The van der Waals surface area contributed by atoms with E-state index in [9.17, 15) is 21.6 Å². The van der Waals surface area contributed by atoms with Gasteiger partial charge in [0.15, 0.2) is 0 Å². The molecule has 0 radical (unpaired) electrons. The summed E-state index contributed by atoms with van der Waals surface area (Å²) in [7, 11) is -3.93. The van der Waals surface area contributed by atoms with Crippen LogP contribution in [-0.4, -0.2) is 52.6 Å². The van der Waals surface area contributed by atoms with Crippen LogP contribution in [0.2, 0.25) is 0 Å². The third-order valence-electron chi connectivity index (χ3n) is 3.62. The molecule has 0 atom stereocenters. The van der Waals surface area contributed by atoms with Gasteiger partial charge >= 0.3 is 6.18 Å². The predicted octanol–water partition coefficient (Wildman–Crippen LogP) is 2.12. The average Bonchev–Trinajstić information content (AvgIpc) is 2.52. The molecule has 1 saturated heterocycles. The van der Waals surface area contributed by atoms with Crippen molar-refractivity contribution in [2.24, 2.45) is 0 Å². The SMILES string of the molecule is Cl.Cl.O=S(=O)(NCCCN1CCNCC1)c1cccc(C(F)(F)F)c1. The van der Waals surface area contributed by atoms with Gasteiger partial charge in [0.25, 0.3) is 0 Å². The van der Waals surface area contributed by atoms with Crippen LogP contribution >= 0.6 is 24.8 Å². The highest BCUT2D eigenvalue weighted by Gasteiger charge is 2.31. The Morgan fingerprint density at radius 2 is 1.80 bits per heavy atom. The Balaban J connectivity index is 0.00000288. The smallest absolute Gasteiger partial charge is 0.314 e. The number of rotatable bonds is 6. The molecule has 2 rings (SSSR count). The number of alkyl halides is 3. The van der Waals surface area contributed by atoms with Gasteiger partial charge < -0.3 is 10.2 Å². The Bertz CT molecular complexity index is 624. The Morgan fingerprint density at radius 1 is 1.16 bits per heavy atom. The van der Waals surface area contributed by atoms with Gasteiger partial charge in [0.05, 0.1) is 10.5 Å². The molecule has 0 spiro atoms. The van der Waals surface area contributed by atoms with E-state index in [1.165, 1.54) is 0 Å². The van der Waals surface area contributed by atoms with Crippen molar-refractivity contribution in [3.05, 3.63) is 29.8 Å². The van der Waals surface area contributed by atoms with Crippen molar-refractivity contribution >= 4 is 34.8 Å². The van der Waals surface area contributed by atoms with Gasteiger partial charge in [-0.25, -0.2) is 13.1 Å². The number of nitrogens with zero attached hydrogens (tertiary/aromatic N) is 1. The normalized spacial score (nSPS) is 16.0. The lowest BCUT2D eigenvalue weighted by Gasteiger charge is -2.27. The maximum Gasteiger partial charge on any atom is 0.416 e. The molecule has 5 nitrogen and oxygen atoms in total. The lowest BCUT2D eigenvalue weighted by Crippen LogP contribution is -2.44. The fraction of sp³-hybridized carbons (Fsp3) is 0.571. The Hall–Kier alpha value is -0.580. The number of piperazine rings is 1. The zero-order valence-electron chi connectivity index (χ0n) is 13.4. The molecule has 0 aromatic heterocycles. The summed E-state index contributed by atoms with van der Waals surface area (Å²) in [6, 6.07) is 3.76. The van der Waals surface area contributed by atoms with Crippen LogP contribution in [0, 0.1) is 0 Å². The molecular weight excluding hydrogens is 402 g/mol. The topological polar surface area (TPSA) is 61.4 Å². The highest BCUT2D eigenvalue weighted by molar-refractivity contribution is 7.89. The quantitative estimate of drug-likeness (QED) is 0.687. The second kappa shape index (κ2) is 10.5. The van der Waals surface area contributed by atoms with Crippen LogP contribution in [0.4, 0.5) is 13.2 Å². The largest absolute Gasteiger partial charge is 0.416 e.